The van der Waals surface area contributed by atoms with Gasteiger partial charge >= 0.3 is 0 Å². The van der Waals surface area contributed by atoms with Crippen LogP contribution in [0.15, 0.2) is 30.9 Å². The maximum absolute atomic E-state index is 9.69. The second-order valence-electron chi connectivity index (χ2n) is 4.76. The van der Waals surface area contributed by atoms with Crippen LogP contribution in [0.4, 0.5) is 0 Å². The Morgan fingerprint density at radius 3 is 2.62 bits per heavy atom. The molecule has 21 heavy (non-hydrogen) atoms. The number of hydrogen-bond acceptors (Lipinski definition) is 4. The number of phenols is 1. The molecule has 0 saturated carbocycles. The van der Waals surface area contributed by atoms with Gasteiger partial charge in [0.2, 0.25) is 0 Å². The Balaban J connectivity index is 0.00000200. The molecule has 1 fully saturated rings. The van der Waals surface area contributed by atoms with Gasteiger partial charge in [-0.2, -0.15) is 0 Å². The number of nitrogens with one attached hydrogen (secondary N) is 1. The van der Waals surface area contributed by atoms with Crippen LogP contribution >= 0.6 is 24.8 Å². The average Bonchev–Trinajstić information content (AvgIpc) is 2.46. The molecule has 120 valence electrons. The lowest BCUT2D eigenvalue weighted by Crippen LogP contribution is -2.45. The van der Waals surface area contributed by atoms with E-state index < -0.39 is 0 Å². The largest absolute Gasteiger partial charge is 0.504 e. The number of ether oxygens (including phenoxy) is 1. The van der Waals surface area contributed by atoms with E-state index in [1.807, 2.05) is 18.2 Å². The fourth-order valence-corrected chi connectivity index (χ4v) is 2.55. The standard InChI is InChI=1S/C15H22N2O2.2ClH/c1-3-4-13(17-9-7-16-8-10-17)12-5-6-14(18)15(11-12)19-2;;/h3,5-6,11,13,16,18H,1,4,7-10H2,2H3;2*1H/t13-;;/m0../s1. The van der Waals surface area contributed by atoms with Crippen LogP contribution in [0.2, 0.25) is 0 Å². The fourth-order valence-electron chi connectivity index (χ4n) is 2.55. The Hall–Kier alpha value is -0.940. The minimum absolute atomic E-state index is 0. The van der Waals surface area contributed by atoms with Gasteiger partial charge in [-0.25, -0.2) is 0 Å². The molecule has 1 heterocycles. The highest BCUT2D eigenvalue weighted by atomic mass is 35.5. The summed E-state index contributed by atoms with van der Waals surface area (Å²) in [5.41, 5.74) is 1.16. The van der Waals surface area contributed by atoms with Gasteiger partial charge in [0.25, 0.3) is 0 Å². The van der Waals surface area contributed by atoms with E-state index in [0.29, 0.717) is 11.8 Å². The van der Waals surface area contributed by atoms with Gasteiger partial charge in [0, 0.05) is 32.2 Å². The zero-order valence-corrected chi connectivity index (χ0v) is 13.9. The number of halogens is 2. The Bertz CT molecular complexity index is 438. The summed E-state index contributed by atoms with van der Waals surface area (Å²) in [4.78, 5) is 2.45. The van der Waals surface area contributed by atoms with E-state index in [-0.39, 0.29) is 30.6 Å². The Morgan fingerprint density at radius 1 is 1.38 bits per heavy atom. The van der Waals surface area contributed by atoms with Crippen molar-refractivity contribution in [1.82, 2.24) is 10.2 Å². The Morgan fingerprint density at radius 2 is 2.05 bits per heavy atom. The van der Waals surface area contributed by atoms with Gasteiger partial charge in [0.15, 0.2) is 11.5 Å². The summed E-state index contributed by atoms with van der Waals surface area (Å²) in [5.74, 6) is 0.714. The monoisotopic (exact) mass is 334 g/mol. The van der Waals surface area contributed by atoms with E-state index in [1.54, 1.807) is 13.2 Å². The topological polar surface area (TPSA) is 44.7 Å². The van der Waals surface area contributed by atoms with Crippen molar-refractivity contribution in [2.24, 2.45) is 0 Å². The average molecular weight is 335 g/mol. The second kappa shape index (κ2) is 9.90. The summed E-state index contributed by atoms with van der Waals surface area (Å²) in [6.07, 6.45) is 2.85. The molecule has 2 rings (SSSR count). The molecule has 1 saturated heterocycles. The first-order valence-electron chi connectivity index (χ1n) is 6.69. The van der Waals surface area contributed by atoms with E-state index >= 15 is 0 Å². The Labute approximate surface area is 139 Å². The Kier molecular flexibility index (Phi) is 9.46. The van der Waals surface area contributed by atoms with Gasteiger partial charge in [-0.05, 0) is 24.1 Å². The maximum atomic E-state index is 9.69. The summed E-state index contributed by atoms with van der Waals surface area (Å²) >= 11 is 0. The van der Waals surface area contributed by atoms with Gasteiger partial charge in [0.05, 0.1) is 7.11 Å². The number of nitrogens with zero attached hydrogens (tertiary/aromatic N) is 1. The number of methoxy groups -OCH3 is 1. The molecule has 6 heteroatoms. The summed E-state index contributed by atoms with van der Waals surface area (Å²) in [6, 6.07) is 5.89. The molecule has 0 amide bonds. The zero-order chi connectivity index (χ0) is 13.7. The highest BCUT2D eigenvalue weighted by molar-refractivity contribution is 5.85. The maximum Gasteiger partial charge on any atom is 0.160 e. The minimum Gasteiger partial charge on any atom is -0.504 e. The van der Waals surface area contributed by atoms with Crippen molar-refractivity contribution in [3.63, 3.8) is 0 Å². The van der Waals surface area contributed by atoms with Crippen molar-refractivity contribution in [2.45, 2.75) is 12.5 Å². The number of benzene rings is 1. The molecule has 1 aromatic rings. The van der Waals surface area contributed by atoms with Crippen LogP contribution in [0.1, 0.15) is 18.0 Å². The first-order chi connectivity index (χ1) is 9.26. The van der Waals surface area contributed by atoms with Crippen LogP contribution in [0, 0.1) is 0 Å². The summed E-state index contributed by atoms with van der Waals surface area (Å²) in [7, 11) is 1.58. The molecular formula is C15H24Cl2N2O2. The molecule has 0 aromatic heterocycles. The van der Waals surface area contributed by atoms with E-state index in [9.17, 15) is 5.11 Å². The lowest BCUT2D eigenvalue weighted by molar-refractivity contribution is 0.174. The van der Waals surface area contributed by atoms with Crippen LogP contribution in [0.3, 0.4) is 0 Å². The molecular weight excluding hydrogens is 311 g/mol. The molecule has 0 bridgehead atoms. The van der Waals surface area contributed by atoms with Crippen molar-refractivity contribution in [3.8, 4) is 11.5 Å². The van der Waals surface area contributed by atoms with Crippen molar-refractivity contribution in [3.05, 3.63) is 36.4 Å². The number of rotatable bonds is 5. The minimum atomic E-state index is 0. The van der Waals surface area contributed by atoms with Gasteiger partial charge in [-0.3, -0.25) is 4.90 Å². The third-order valence-electron chi connectivity index (χ3n) is 3.57. The number of aromatic hydroxyl groups is 1. The molecule has 1 atom stereocenters. The quantitative estimate of drug-likeness (QED) is 0.813. The van der Waals surface area contributed by atoms with E-state index in [4.69, 9.17) is 4.74 Å². The molecule has 2 N–H and O–H groups in total. The van der Waals surface area contributed by atoms with Crippen LogP contribution in [0.5, 0.6) is 11.5 Å². The fraction of sp³-hybridized carbons (Fsp3) is 0.467. The predicted molar refractivity (Wildman–Crippen MR) is 91.2 cm³/mol. The smallest absolute Gasteiger partial charge is 0.160 e. The highest BCUT2D eigenvalue weighted by Gasteiger charge is 2.21. The van der Waals surface area contributed by atoms with E-state index in [1.165, 1.54) is 0 Å². The number of piperazine rings is 1. The molecule has 1 aliphatic rings. The number of hydrogen-bond donors (Lipinski definition) is 2. The van der Waals surface area contributed by atoms with Crippen molar-refractivity contribution in [1.29, 1.82) is 0 Å². The lowest BCUT2D eigenvalue weighted by Gasteiger charge is -2.35. The lowest BCUT2D eigenvalue weighted by atomic mass is 10.0. The summed E-state index contributed by atoms with van der Waals surface area (Å²) in [6.45, 7) is 7.95. The molecule has 1 aliphatic heterocycles. The highest BCUT2D eigenvalue weighted by Crippen LogP contribution is 2.32. The van der Waals surface area contributed by atoms with Crippen molar-refractivity contribution < 1.29 is 9.84 Å². The van der Waals surface area contributed by atoms with Gasteiger partial charge < -0.3 is 15.2 Å². The molecule has 1 aromatic carbocycles. The molecule has 0 aliphatic carbocycles. The van der Waals surface area contributed by atoms with Crippen molar-refractivity contribution >= 4 is 24.8 Å². The van der Waals surface area contributed by atoms with Gasteiger partial charge in [0.1, 0.15) is 0 Å². The van der Waals surface area contributed by atoms with E-state index in [0.717, 1.165) is 38.2 Å². The SMILES string of the molecule is C=CC[C@@H](c1ccc(O)c(OC)c1)N1CCNCC1.Cl.Cl. The van der Waals surface area contributed by atoms with Crippen LogP contribution in [0.25, 0.3) is 0 Å². The van der Waals surface area contributed by atoms with Crippen LogP contribution in [-0.4, -0.2) is 43.3 Å². The molecule has 0 unspecified atom stereocenters. The van der Waals surface area contributed by atoms with E-state index in [2.05, 4.69) is 16.8 Å². The first-order valence-corrected chi connectivity index (χ1v) is 6.69. The molecule has 4 nitrogen and oxygen atoms in total. The second-order valence-corrected chi connectivity index (χ2v) is 4.76. The van der Waals surface area contributed by atoms with Crippen LogP contribution < -0.4 is 10.1 Å². The predicted octanol–water partition coefficient (Wildman–Crippen LogP) is 2.77. The van der Waals surface area contributed by atoms with Crippen molar-refractivity contribution in [2.75, 3.05) is 33.3 Å². The van der Waals surface area contributed by atoms with Gasteiger partial charge in [-0.15, -0.1) is 31.4 Å². The van der Waals surface area contributed by atoms with Gasteiger partial charge in [-0.1, -0.05) is 12.1 Å². The third-order valence-corrected chi connectivity index (χ3v) is 3.57. The van der Waals surface area contributed by atoms with Crippen LogP contribution in [-0.2, 0) is 0 Å². The summed E-state index contributed by atoms with van der Waals surface area (Å²) < 4.78 is 5.19. The third kappa shape index (κ3) is 5.08. The molecule has 0 spiro atoms. The normalized spacial score (nSPS) is 16.2. The zero-order valence-electron chi connectivity index (χ0n) is 12.2. The summed E-state index contributed by atoms with van der Waals surface area (Å²) in [5, 5.41) is 13.1. The number of phenolic OH excluding ortho intramolecular Hbond substituents is 1. The first kappa shape index (κ1) is 20.1. The molecule has 0 radical (unpaired) electrons.